The van der Waals surface area contributed by atoms with E-state index in [0.29, 0.717) is 18.4 Å². The second-order valence-electron chi connectivity index (χ2n) is 7.07. The number of anilines is 1. The monoisotopic (exact) mass is 315 g/mol. The predicted molar refractivity (Wildman–Crippen MR) is 95.0 cm³/mol. The summed E-state index contributed by atoms with van der Waals surface area (Å²) < 4.78 is 0. The van der Waals surface area contributed by atoms with Crippen molar-refractivity contribution < 1.29 is 4.79 Å². The first kappa shape index (κ1) is 16.3. The number of hydrogen-bond acceptors (Lipinski definition) is 3. The molecule has 1 aromatic rings. The van der Waals surface area contributed by atoms with Crippen molar-refractivity contribution >= 4 is 11.6 Å². The number of piperazine rings is 1. The van der Waals surface area contributed by atoms with Gasteiger partial charge in [0.2, 0.25) is 5.91 Å². The van der Waals surface area contributed by atoms with E-state index in [1.165, 1.54) is 29.7 Å². The van der Waals surface area contributed by atoms with Crippen LogP contribution in [0.2, 0.25) is 0 Å². The number of rotatable bonds is 3. The molecule has 2 aliphatic rings. The molecule has 23 heavy (non-hydrogen) atoms. The number of carbonyl (C=O) groups is 1. The highest BCUT2D eigenvalue weighted by atomic mass is 16.2. The zero-order chi connectivity index (χ0) is 16.4. The van der Waals surface area contributed by atoms with Crippen molar-refractivity contribution in [2.75, 3.05) is 44.7 Å². The minimum Gasteiger partial charge on any atom is -0.368 e. The van der Waals surface area contributed by atoms with E-state index >= 15 is 0 Å². The normalized spacial score (nSPS) is 22.7. The average Bonchev–Trinajstić information content (AvgIpc) is 2.95. The van der Waals surface area contributed by atoms with Gasteiger partial charge in [-0.15, -0.1) is 0 Å². The van der Waals surface area contributed by atoms with Gasteiger partial charge in [-0.1, -0.05) is 12.1 Å². The van der Waals surface area contributed by atoms with E-state index < -0.39 is 0 Å². The van der Waals surface area contributed by atoms with Crippen molar-refractivity contribution in [1.29, 1.82) is 0 Å². The number of amides is 1. The van der Waals surface area contributed by atoms with Crippen LogP contribution in [0.1, 0.15) is 30.4 Å². The van der Waals surface area contributed by atoms with Crippen LogP contribution in [0.25, 0.3) is 0 Å². The highest BCUT2D eigenvalue weighted by molar-refractivity contribution is 5.77. The molecule has 2 saturated heterocycles. The topological polar surface area (TPSA) is 26.8 Å². The van der Waals surface area contributed by atoms with E-state index in [1.807, 2.05) is 0 Å². The van der Waals surface area contributed by atoms with Crippen molar-refractivity contribution in [2.24, 2.45) is 0 Å². The van der Waals surface area contributed by atoms with Crippen LogP contribution in [0.5, 0.6) is 0 Å². The minimum atomic E-state index is 0.337. The van der Waals surface area contributed by atoms with Gasteiger partial charge in [0.25, 0.3) is 0 Å². The fourth-order valence-corrected chi connectivity index (χ4v) is 3.84. The van der Waals surface area contributed by atoms with Gasteiger partial charge in [0.05, 0.1) is 0 Å². The molecule has 4 heteroatoms. The third-order valence-electron chi connectivity index (χ3n) is 5.63. The molecule has 1 unspecified atom stereocenters. The van der Waals surface area contributed by atoms with E-state index in [-0.39, 0.29) is 0 Å². The Morgan fingerprint density at radius 2 is 1.87 bits per heavy atom. The van der Waals surface area contributed by atoms with Gasteiger partial charge < -0.3 is 14.7 Å². The van der Waals surface area contributed by atoms with Crippen LogP contribution in [0.3, 0.4) is 0 Å². The van der Waals surface area contributed by atoms with Gasteiger partial charge >= 0.3 is 0 Å². The molecule has 4 nitrogen and oxygen atoms in total. The quantitative estimate of drug-likeness (QED) is 0.857. The second kappa shape index (κ2) is 6.91. The molecule has 0 bridgehead atoms. The van der Waals surface area contributed by atoms with Gasteiger partial charge in [0.15, 0.2) is 0 Å². The van der Waals surface area contributed by atoms with Gasteiger partial charge in [0.1, 0.15) is 0 Å². The average molecular weight is 315 g/mol. The molecule has 0 saturated carbocycles. The Morgan fingerprint density at radius 3 is 2.52 bits per heavy atom. The van der Waals surface area contributed by atoms with Crippen LogP contribution < -0.4 is 4.90 Å². The molecule has 1 amide bonds. The molecule has 0 radical (unpaired) electrons. The maximum absolute atomic E-state index is 12.5. The molecule has 0 spiro atoms. The van der Waals surface area contributed by atoms with Crippen LogP contribution in [-0.4, -0.2) is 61.5 Å². The molecule has 2 heterocycles. The standard InChI is InChI=1S/C19H29N3O/c1-15-6-4-8-18(16(15)2)21-10-12-22(13-11-21)19(23)14-17-7-5-9-20(17)3/h4,6,8,17H,5,7,9-14H2,1-3H3. The van der Waals surface area contributed by atoms with Crippen molar-refractivity contribution in [1.82, 2.24) is 9.80 Å². The van der Waals surface area contributed by atoms with Crippen molar-refractivity contribution in [3.05, 3.63) is 29.3 Å². The first-order valence-electron chi connectivity index (χ1n) is 8.85. The van der Waals surface area contributed by atoms with Gasteiger partial charge in [0, 0.05) is 44.3 Å². The number of hydrogen-bond donors (Lipinski definition) is 0. The van der Waals surface area contributed by atoms with Crippen LogP contribution in [0, 0.1) is 13.8 Å². The summed E-state index contributed by atoms with van der Waals surface area (Å²) in [5.74, 6) is 0.337. The van der Waals surface area contributed by atoms with E-state index in [4.69, 9.17) is 0 Å². The molecule has 0 aromatic heterocycles. The van der Waals surface area contributed by atoms with E-state index in [0.717, 1.165) is 32.7 Å². The molecule has 3 rings (SSSR count). The van der Waals surface area contributed by atoms with Crippen LogP contribution in [0.4, 0.5) is 5.69 Å². The summed E-state index contributed by atoms with van der Waals surface area (Å²) in [7, 11) is 2.14. The summed E-state index contributed by atoms with van der Waals surface area (Å²) in [6.07, 6.45) is 3.10. The summed E-state index contributed by atoms with van der Waals surface area (Å²) in [4.78, 5) is 19.4. The van der Waals surface area contributed by atoms with E-state index in [9.17, 15) is 4.79 Å². The Balaban J connectivity index is 1.55. The summed E-state index contributed by atoms with van der Waals surface area (Å²) in [5, 5.41) is 0. The smallest absolute Gasteiger partial charge is 0.224 e. The summed E-state index contributed by atoms with van der Waals surface area (Å²) >= 11 is 0. The predicted octanol–water partition coefficient (Wildman–Crippen LogP) is 2.44. The lowest BCUT2D eigenvalue weighted by atomic mass is 10.1. The van der Waals surface area contributed by atoms with Gasteiger partial charge in [-0.2, -0.15) is 0 Å². The molecule has 0 aliphatic carbocycles. The summed E-state index contributed by atoms with van der Waals surface area (Å²) in [6.45, 7) is 9.07. The number of carbonyl (C=O) groups excluding carboxylic acids is 1. The lowest BCUT2D eigenvalue weighted by molar-refractivity contribution is -0.132. The largest absolute Gasteiger partial charge is 0.368 e. The number of aryl methyl sites for hydroxylation is 1. The maximum Gasteiger partial charge on any atom is 0.224 e. The van der Waals surface area contributed by atoms with E-state index in [1.54, 1.807) is 0 Å². The van der Waals surface area contributed by atoms with Crippen molar-refractivity contribution in [3.63, 3.8) is 0 Å². The molecule has 0 N–H and O–H groups in total. The highest BCUT2D eigenvalue weighted by Gasteiger charge is 2.28. The maximum atomic E-state index is 12.5. The number of likely N-dealkylation sites (tertiary alicyclic amines) is 1. The van der Waals surface area contributed by atoms with Gasteiger partial charge in [-0.25, -0.2) is 0 Å². The molecular weight excluding hydrogens is 286 g/mol. The van der Waals surface area contributed by atoms with Crippen molar-refractivity contribution in [2.45, 2.75) is 39.2 Å². The zero-order valence-corrected chi connectivity index (χ0v) is 14.7. The first-order chi connectivity index (χ1) is 11.1. The molecular formula is C19H29N3O. The third-order valence-corrected chi connectivity index (χ3v) is 5.63. The Labute approximate surface area is 140 Å². The third kappa shape index (κ3) is 3.52. The molecule has 126 valence electrons. The SMILES string of the molecule is Cc1cccc(N2CCN(C(=O)CC3CCCN3C)CC2)c1C. The molecule has 1 atom stereocenters. The van der Waals surface area contributed by atoms with Gasteiger partial charge in [-0.3, -0.25) is 4.79 Å². The fraction of sp³-hybridized carbons (Fsp3) is 0.632. The zero-order valence-electron chi connectivity index (χ0n) is 14.7. The second-order valence-corrected chi connectivity index (χ2v) is 7.07. The fourth-order valence-electron chi connectivity index (χ4n) is 3.84. The van der Waals surface area contributed by atoms with Crippen LogP contribution in [-0.2, 0) is 4.79 Å². The molecule has 2 fully saturated rings. The Kier molecular flexibility index (Phi) is 4.90. The molecule has 1 aromatic carbocycles. The Morgan fingerprint density at radius 1 is 1.13 bits per heavy atom. The van der Waals surface area contributed by atoms with E-state index in [2.05, 4.69) is 53.8 Å². The van der Waals surface area contributed by atoms with Crippen LogP contribution in [0.15, 0.2) is 18.2 Å². The van der Waals surface area contributed by atoms with Crippen molar-refractivity contribution in [3.8, 4) is 0 Å². The summed E-state index contributed by atoms with van der Waals surface area (Å²) in [5.41, 5.74) is 4.03. The minimum absolute atomic E-state index is 0.337. The molecule has 2 aliphatic heterocycles. The van der Waals surface area contributed by atoms with Crippen LogP contribution >= 0.6 is 0 Å². The van der Waals surface area contributed by atoms with Gasteiger partial charge in [-0.05, 0) is 57.5 Å². The number of nitrogens with zero attached hydrogens (tertiary/aromatic N) is 3. The Hall–Kier alpha value is -1.55. The number of benzene rings is 1. The summed E-state index contributed by atoms with van der Waals surface area (Å²) in [6, 6.07) is 6.95. The lowest BCUT2D eigenvalue weighted by Crippen LogP contribution is -2.50. The Bertz CT molecular complexity index is 564. The highest BCUT2D eigenvalue weighted by Crippen LogP contribution is 2.24. The first-order valence-corrected chi connectivity index (χ1v) is 8.85. The lowest BCUT2D eigenvalue weighted by Gasteiger charge is -2.37.